The minimum absolute atomic E-state index is 0.0724. The highest BCUT2D eigenvalue weighted by Crippen LogP contribution is 2.29. The predicted octanol–water partition coefficient (Wildman–Crippen LogP) is 3.62. The van der Waals surface area contributed by atoms with Crippen LogP contribution in [0.15, 0.2) is 12.1 Å². The molecule has 186 valence electrons. The van der Waals surface area contributed by atoms with E-state index in [0.717, 1.165) is 7.11 Å². The van der Waals surface area contributed by atoms with Gasteiger partial charge in [-0.25, -0.2) is 26.3 Å². The molecule has 0 aliphatic rings. The lowest BCUT2D eigenvalue weighted by molar-refractivity contribution is 0.334. The van der Waals surface area contributed by atoms with Crippen LogP contribution in [0, 0.1) is 58.2 Å². The molecule has 3 nitrogen and oxygen atoms in total. The Morgan fingerprint density at radius 3 is 1.17 bits per heavy atom. The van der Waals surface area contributed by atoms with E-state index >= 15 is 17.6 Å². The largest absolute Gasteiger partial charge is 0.497 e. The minimum Gasteiger partial charge on any atom is -0.497 e. The van der Waals surface area contributed by atoms with E-state index in [-0.39, 0.29) is 6.07 Å². The van der Waals surface area contributed by atoms with Crippen LogP contribution in [0.4, 0.5) is 43.9 Å². The molecule has 14 heteroatoms. The highest BCUT2D eigenvalue weighted by molar-refractivity contribution is 6.96. The third kappa shape index (κ3) is 4.00. The Balaban J connectivity index is 2.62. The maximum Gasteiger partial charge on any atom is 0.265 e. The van der Waals surface area contributed by atoms with E-state index in [1.165, 1.54) is 0 Å². The van der Waals surface area contributed by atoms with E-state index in [1.807, 2.05) is 0 Å². The van der Waals surface area contributed by atoms with E-state index in [1.54, 1.807) is 0 Å². The summed E-state index contributed by atoms with van der Waals surface area (Å²) in [6.07, 6.45) is 0. The fourth-order valence-corrected chi connectivity index (χ4v) is 3.57. The van der Waals surface area contributed by atoms with Crippen molar-refractivity contribution in [2.24, 2.45) is 0 Å². The number of hydrogen-bond donors (Lipinski definition) is 0. The van der Waals surface area contributed by atoms with Crippen LogP contribution in [0.5, 0.6) is 17.2 Å². The van der Waals surface area contributed by atoms with Crippen LogP contribution in [0.25, 0.3) is 0 Å². The van der Waals surface area contributed by atoms with Crippen LogP contribution >= 0.6 is 0 Å². The summed E-state index contributed by atoms with van der Waals surface area (Å²) < 4.78 is 160. The van der Waals surface area contributed by atoms with Crippen molar-refractivity contribution in [1.29, 1.82) is 0 Å². The maximum atomic E-state index is 15.0. The summed E-state index contributed by atoms with van der Waals surface area (Å²) in [4.78, 5) is 0. The molecule has 0 fully saturated rings. The second kappa shape index (κ2) is 9.58. The van der Waals surface area contributed by atoms with Gasteiger partial charge in [-0.3, -0.25) is 0 Å². The van der Waals surface area contributed by atoms with Crippen LogP contribution < -0.4 is 30.6 Å². The smallest absolute Gasteiger partial charge is 0.265 e. The molecule has 0 radical (unpaired) electrons. The summed E-state index contributed by atoms with van der Waals surface area (Å²) in [7, 11) is 2.04. The Labute approximate surface area is 190 Å². The van der Waals surface area contributed by atoms with E-state index in [9.17, 15) is 26.3 Å². The van der Waals surface area contributed by atoms with Gasteiger partial charge in [0.2, 0.25) is 23.3 Å². The average molecular weight is 512 g/mol. The normalized spacial score (nSPS) is 11.0. The maximum absolute atomic E-state index is 15.0. The van der Waals surface area contributed by atoms with Crippen LogP contribution in [0.3, 0.4) is 0 Å². The third-order valence-corrected chi connectivity index (χ3v) is 5.06. The molecule has 0 spiro atoms. The van der Waals surface area contributed by atoms with Gasteiger partial charge in [-0.2, -0.15) is 17.6 Å². The SMILES string of the molecule is COc1cc(F)cc(F)c1B(c1c(F)c(F)c(OC)c(F)c1F)c1c(F)c(F)c(OC)c(F)c1F. The second-order valence-corrected chi connectivity index (χ2v) is 6.84. The Morgan fingerprint density at radius 2 is 0.857 bits per heavy atom. The van der Waals surface area contributed by atoms with Crippen LogP contribution in [-0.4, -0.2) is 28.0 Å². The molecule has 0 N–H and O–H groups in total. The van der Waals surface area contributed by atoms with Crippen molar-refractivity contribution < 1.29 is 58.1 Å². The van der Waals surface area contributed by atoms with E-state index in [4.69, 9.17) is 4.74 Å². The molecule has 3 aromatic rings. The monoisotopic (exact) mass is 512 g/mol. The molecular formula is C21H11BF10O3. The average Bonchev–Trinajstić information content (AvgIpc) is 2.81. The molecule has 0 atom stereocenters. The van der Waals surface area contributed by atoms with Crippen molar-refractivity contribution in [1.82, 2.24) is 0 Å². The van der Waals surface area contributed by atoms with E-state index < -0.39 is 98.5 Å². The van der Waals surface area contributed by atoms with Crippen LogP contribution in [-0.2, 0) is 0 Å². The van der Waals surface area contributed by atoms with Crippen molar-refractivity contribution in [3.05, 3.63) is 70.3 Å². The molecule has 0 aliphatic carbocycles. The quantitative estimate of drug-likeness (QED) is 0.287. The molecule has 35 heavy (non-hydrogen) atoms. The van der Waals surface area contributed by atoms with Gasteiger partial charge in [0.25, 0.3) is 6.71 Å². The number of methoxy groups -OCH3 is 3. The molecule has 0 saturated heterocycles. The zero-order chi connectivity index (χ0) is 26.4. The summed E-state index contributed by atoms with van der Waals surface area (Å²) in [6, 6.07) is 0.465. The zero-order valence-corrected chi connectivity index (χ0v) is 17.7. The fourth-order valence-electron chi connectivity index (χ4n) is 3.57. The summed E-state index contributed by atoms with van der Waals surface area (Å²) in [5.41, 5.74) is -5.16. The molecular weight excluding hydrogens is 501 g/mol. The van der Waals surface area contributed by atoms with E-state index in [2.05, 4.69) is 9.47 Å². The molecule has 0 amide bonds. The molecule has 3 rings (SSSR count). The molecule has 0 heterocycles. The summed E-state index contributed by atoms with van der Waals surface area (Å²) in [6.45, 7) is -2.99. The Kier molecular flexibility index (Phi) is 7.13. The molecule has 0 aromatic heterocycles. The van der Waals surface area contributed by atoms with Crippen molar-refractivity contribution in [3.63, 3.8) is 0 Å². The number of benzene rings is 3. The van der Waals surface area contributed by atoms with Gasteiger partial charge >= 0.3 is 0 Å². The lowest BCUT2D eigenvalue weighted by atomic mass is 9.35. The molecule has 3 aromatic carbocycles. The standard InChI is InChI=1S/C21H11BF10O3/c1-33-8-5-6(23)4-7(24)9(8)22(10-12(25)16(29)20(34-2)17(30)13(10)26)11-14(27)18(31)21(35-3)19(32)15(11)28/h4-5H,1-3H3. The highest BCUT2D eigenvalue weighted by atomic mass is 19.2. The minimum atomic E-state index is -2.99. The first kappa shape index (κ1) is 26.0. The lowest BCUT2D eigenvalue weighted by Gasteiger charge is -2.23. The highest BCUT2D eigenvalue weighted by Gasteiger charge is 2.43. The first-order valence-electron chi connectivity index (χ1n) is 9.25. The number of ether oxygens (including phenoxy) is 3. The second-order valence-electron chi connectivity index (χ2n) is 6.84. The molecule has 0 bridgehead atoms. The van der Waals surface area contributed by atoms with Crippen molar-refractivity contribution in [2.75, 3.05) is 21.3 Å². The number of rotatable bonds is 6. The predicted molar refractivity (Wildman–Crippen MR) is 103 cm³/mol. The van der Waals surface area contributed by atoms with Gasteiger partial charge in [0.05, 0.1) is 21.3 Å². The van der Waals surface area contributed by atoms with Crippen molar-refractivity contribution >= 4 is 23.1 Å². The summed E-state index contributed by atoms with van der Waals surface area (Å²) in [5, 5.41) is 0. The molecule has 0 saturated carbocycles. The number of halogens is 10. The summed E-state index contributed by atoms with van der Waals surface area (Å²) >= 11 is 0. The van der Waals surface area contributed by atoms with Crippen molar-refractivity contribution in [2.45, 2.75) is 0 Å². The van der Waals surface area contributed by atoms with Gasteiger partial charge in [0.1, 0.15) is 17.4 Å². The van der Waals surface area contributed by atoms with Gasteiger partial charge in [-0.05, 0) is 0 Å². The fraction of sp³-hybridized carbons (Fsp3) is 0.143. The van der Waals surface area contributed by atoms with Gasteiger partial charge in [0.15, 0.2) is 34.8 Å². The van der Waals surface area contributed by atoms with Crippen LogP contribution in [0.2, 0.25) is 0 Å². The van der Waals surface area contributed by atoms with Gasteiger partial charge in [0, 0.05) is 28.5 Å². The molecule has 0 unspecified atom stereocenters. The lowest BCUT2D eigenvalue weighted by Crippen LogP contribution is -2.59. The first-order valence-corrected chi connectivity index (χ1v) is 9.25. The Bertz CT molecular complexity index is 1200. The molecule has 0 aliphatic heterocycles. The number of hydrogen-bond acceptors (Lipinski definition) is 3. The van der Waals surface area contributed by atoms with E-state index in [0.29, 0.717) is 20.3 Å². The van der Waals surface area contributed by atoms with Gasteiger partial charge in [-0.15, -0.1) is 0 Å². The third-order valence-electron chi connectivity index (χ3n) is 5.06. The first-order chi connectivity index (χ1) is 16.4. The van der Waals surface area contributed by atoms with Gasteiger partial charge < -0.3 is 14.2 Å². The van der Waals surface area contributed by atoms with Crippen LogP contribution in [0.1, 0.15) is 0 Å². The Hall–Kier alpha value is -3.58. The topological polar surface area (TPSA) is 27.7 Å². The van der Waals surface area contributed by atoms with Gasteiger partial charge in [-0.1, -0.05) is 0 Å². The van der Waals surface area contributed by atoms with Crippen molar-refractivity contribution in [3.8, 4) is 17.2 Å². The summed E-state index contributed by atoms with van der Waals surface area (Å²) in [5.74, 6) is -25.6. The zero-order valence-electron chi connectivity index (χ0n) is 17.7. The Morgan fingerprint density at radius 1 is 0.486 bits per heavy atom.